The van der Waals surface area contributed by atoms with Crippen LogP contribution in [-0.4, -0.2) is 13.7 Å². The van der Waals surface area contributed by atoms with Crippen LogP contribution in [0.3, 0.4) is 0 Å². The van der Waals surface area contributed by atoms with E-state index in [9.17, 15) is 0 Å². The van der Waals surface area contributed by atoms with E-state index in [1.807, 2.05) is 12.1 Å². The van der Waals surface area contributed by atoms with Gasteiger partial charge in [-0.3, -0.25) is 0 Å². The highest BCUT2D eigenvalue weighted by Gasteiger charge is 2.40. The first-order valence-corrected chi connectivity index (χ1v) is 5.11. The fourth-order valence-electron chi connectivity index (χ4n) is 1.81. The van der Waals surface area contributed by atoms with Gasteiger partial charge in [0.05, 0.1) is 7.11 Å². The van der Waals surface area contributed by atoms with E-state index in [0.717, 1.165) is 18.7 Å². The number of hydrogen-bond acceptors (Lipinski definition) is 2. The van der Waals surface area contributed by atoms with E-state index >= 15 is 0 Å². The van der Waals surface area contributed by atoms with Gasteiger partial charge in [-0.15, -0.1) is 0 Å². The lowest BCUT2D eigenvalue weighted by Gasteiger charge is -2.12. The highest BCUT2D eigenvalue weighted by atomic mass is 16.5. The molecule has 1 aliphatic carbocycles. The zero-order chi connectivity index (χ0) is 10.0. The summed E-state index contributed by atoms with van der Waals surface area (Å²) < 4.78 is 5.12. The SMILES string of the molecule is COc1ccc(CC2(CN)CC2)cc1. The number of nitrogens with two attached hydrogens (primary N) is 1. The van der Waals surface area contributed by atoms with Crippen molar-refractivity contribution in [3.63, 3.8) is 0 Å². The van der Waals surface area contributed by atoms with E-state index in [-0.39, 0.29) is 0 Å². The molecule has 2 rings (SSSR count). The van der Waals surface area contributed by atoms with Crippen LogP contribution in [0.15, 0.2) is 24.3 Å². The van der Waals surface area contributed by atoms with Crippen molar-refractivity contribution in [3.05, 3.63) is 29.8 Å². The summed E-state index contributed by atoms with van der Waals surface area (Å²) in [6.07, 6.45) is 3.69. The fourth-order valence-corrected chi connectivity index (χ4v) is 1.81. The molecular formula is C12H17NO. The van der Waals surface area contributed by atoms with Crippen molar-refractivity contribution < 1.29 is 4.74 Å². The van der Waals surface area contributed by atoms with Crippen molar-refractivity contribution in [1.82, 2.24) is 0 Å². The highest BCUT2D eigenvalue weighted by molar-refractivity contribution is 5.28. The Morgan fingerprint density at radius 3 is 2.36 bits per heavy atom. The average Bonchev–Trinajstić information content (AvgIpc) is 3.00. The summed E-state index contributed by atoms with van der Waals surface area (Å²) in [6, 6.07) is 8.30. The first-order valence-electron chi connectivity index (χ1n) is 5.11. The third-order valence-corrected chi connectivity index (χ3v) is 3.13. The van der Waals surface area contributed by atoms with Gasteiger partial charge in [0, 0.05) is 0 Å². The van der Waals surface area contributed by atoms with Crippen LogP contribution in [0.1, 0.15) is 18.4 Å². The molecule has 76 valence electrons. The Balaban J connectivity index is 2.03. The monoisotopic (exact) mass is 191 g/mol. The molecule has 1 aliphatic rings. The minimum Gasteiger partial charge on any atom is -0.497 e. The minimum absolute atomic E-state index is 0.425. The standard InChI is InChI=1S/C12H17NO/c1-14-11-4-2-10(3-5-11)8-12(9-13)6-7-12/h2-5H,6-9,13H2,1H3. The Bertz CT molecular complexity index is 301. The second kappa shape index (κ2) is 3.62. The van der Waals surface area contributed by atoms with Crippen molar-refractivity contribution in [3.8, 4) is 5.75 Å². The lowest BCUT2D eigenvalue weighted by molar-refractivity contribution is 0.414. The van der Waals surface area contributed by atoms with Crippen LogP contribution in [0.4, 0.5) is 0 Å². The molecule has 0 aromatic heterocycles. The van der Waals surface area contributed by atoms with Gasteiger partial charge in [0.1, 0.15) is 5.75 Å². The molecule has 0 bridgehead atoms. The molecule has 0 saturated heterocycles. The molecule has 0 amide bonds. The van der Waals surface area contributed by atoms with Gasteiger partial charge in [0.2, 0.25) is 0 Å². The van der Waals surface area contributed by atoms with Gasteiger partial charge in [-0.05, 0) is 48.9 Å². The van der Waals surface area contributed by atoms with Gasteiger partial charge in [-0.2, -0.15) is 0 Å². The molecule has 1 fully saturated rings. The summed E-state index contributed by atoms with van der Waals surface area (Å²) in [5, 5.41) is 0. The van der Waals surface area contributed by atoms with Gasteiger partial charge in [0.15, 0.2) is 0 Å². The Labute approximate surface area is 85.1 Å². The van der Waals surface area contributed by atoms with E-state index in [4.69, 9.17) is 10.5 Å². The molecule has 0 aliphatic heterocycles. The molecule has 1 aromatic rings. The van der Waals surface area contributed by atoms with E-state index in [2.05, 4.69) is 12.1 Å². The maximum Gasteiger partial charge on any atom is 0.118 e. The Hall–Kier alpha value is -1.02. The molecule has 1 aromatic carbocycles. The van der Waals surface area contributed by atoms with E-state index in [1.54, 1.807) is 7.11 Å². The van der Waals surface area contributed by atoms with Crippen LogP contribution in [0.25, 0.3) is 0 Å². The third kappa shape index (κ3) is 1.90. The predicted octanol–water partition coefficient (Wildman–Crippen LogP) is 1.98. The predicted molar refractivity (Wildman–Crippen MR) is 57.4 cm³/mol. The first kappa shape index (κ1) is 9.53. The molecule has 1 saturated carbocycles. The van der Waals surface area contributed by atoms with Gasteiger partial charge in [-0.25, -0.2) is 0 Å². The molecule has 2 heteroatoms. The fraction of sp³-hybridized carbons (Fsp3) is 0.500. The number of hydrogen-bond donors (Lipinski definition) is 1. The molecule has 0 spiro atoms. The highest BCUT2D eigenvalue weighted by Crippen LogP contribution is 2.47. The average molecular weight is 191 g/mol. The second-order valence-corrected chi connectivity index (χ2v) is 4.23. The van der Waals surface area contributed by atoms with E-state index < -0.39 is 0 Å². The smallest absolute Gasteiger partial charge is 0.118 e. The topological polar surface area (TPSA) is 35.2 Å². The number of ether oxygens (including phenoxy) is 1. The van der Waals surface area contributed by atoms with E-state index in [1.165, 1.54) is 18.4 Å². The molecule has 14 heavy (non-hydrogen) atoms. The van der Waals surface area contributed by atoms with E-state index in [0.29, 0.717) is 5.41 Å². The Kier molecular flexibility index (Phi) is 2.46. The van der Waals surface area contributed by atoms with Gasteiger partial charge in [-0.1, -0.05) is 12.1 Å². The van der Waals surface area contributed by atoms with Gasteiger partial charge in [0.25, 0.3) is 0 Å². The quantitative estimate of drug-likeness (QED) is 0.789. The van der Waals surface area contributed by atoms with Gasteiger partial charge < -0.3 is 10.5 Å². The molecule has 2 nitrogen and oxygen atoms in total. The number of methoxy groups -OCH3 is 1. The Morgan fingerprint density at radius 2 is 1.93 bits per heavy atom. The van der Waals surface area contributed by atoms with Crippen LogP contribution in [0.2, 0.25) is 0 Å². The maximum atomic E-state index is 5.75. The summed E-state index contributed by atoms with van der Waals surface area (Å²) in [5.74, 6) is 0.923. The molecule has 0 radical (unpaired) electrons. The van der Waals surface area contributed by atoms with Gasteiger partial charge >= 0.3 is 0 Å². The molecule has 2 N–H and O–H groups in total. The van der Waals surface area contributed by atoms with Crippen LogP contribution in [0, 0.1) is 5.41 Å². The zero-order valence-corrected chi connectivity index (χ0v) is 8.62. The second-order valence-electron chi connectivity index (χ2n) is 4.23. The van der Waals surface area contributed by atoms with Crippen molar-refractivity contribution in [2.45, 2.75) is 19.3 Å². The van der Waals surface area contributed by atoms with Crippen molar-refractivity contribution in [1.29, 1.82) is 0 Å². The summed E-state index contributed by atoms with van der Waals surface area (Å²) in [4.78, 5) is 0. The number of rotatable bonds is 4. The Morgan fingerprint density at radius 1 is 1.29 bits per heavy atom. The normalized spacial score (nSPS) is 17.9. The summed E-state index contributed by atoms with van der Waals surface area (Å²) in [5.41, 5.74) is 7.54. The minimum atomic E-state index is 0.425. The molecule has 0 atom stereocenters. The largest absolute Gasteiger partial charge is 0.497 e. The summed E-state index contributed by atoms with van der Waals surface area (Å²) in [7, 11) is 1.69. The number of benzene rings is 1. The first-order chi connectivity index (χ1) is 6.78. The molecular weight excluding hydrogens is 174 g/mol. The van der Waals surface area contributed by atoms with Crippen molar-refractivity contribution in [2.75, 3.05) is 13.7 Å². The summed E-state index contributed by atoms with van der Waals surface area (Å²) >= 11 is 0. The van der Waals surface area contributed by atoms with Crippen LogP contribution < -0.4 is 10.5 Å². The van der Waals surface area contributed by atoms with Crippen LogP contribution >= 0.6 is 0 Å². The zero-order valence-electron chi connectivity index (χ0n) is 8.62. The third-order valence-electron chi connectivity index (χ3n) is 3.13. The molecule has 0 heterocycles. The van der Waals surface area contributed by atoms with Crippen LogP contribution in [-0.2, 0) is 6.42 Å². The van der Waals surface area contributed by atoms with Crippen molar-refractivity contribution in [2.24, 2.45) is 11.1 Å². The summed E-state index contributed by atoms with van der Waals surface area (Å²) in [6.45, 7) is 0.818. The maximum absolute atomic E-state index is 5.75. The lowest BCUT2D eigenvalue weighted by atomic mass is 9.97. The van der Waals surface area contributed by atoms with Crippen molar-refractivity contribution >= 4 is 0 Å². The molecule has 0 unspecified atom stereocenters. The van der Waals surface area contributed by atoms with Crippen LogP contribution in [0.5, 0.6) is 5.75 Å². The lowest BCUT2D eigenvalue weighted by Crippen LogP contribution is -2.17.